The summed E-state index contributed by atoms with van der Waals surface area (Å²) in [7, 11) is 1.61. The molecule has 8 heteroatoms. The molecule has 0 unspecified atom stereocenters. The minimum Gasteiger partial charge on any atom is -0.497 e. The number of para-hydroxylation sites is 1. The molecule has 2 N–H and O–H groups in total. The van der Waals surface area contributed by atoms with Gasteiger partial charge < -0.3 is 15.0 Å². The average Bonchev–Trinajstić information content (AvgIpc) is 3.53. The molecule has 43 heavy (non-hydrogen) atoms. The summed E-state index contributed by atoms with van der Waals surface area (Å²) in [5, 5.41) is 3.98. The Hall–Kier alpha value is -5.37. The van der Waals surface area contributed by atoms with Crippen LogP contribution in [-0.2, 0) is 17.8 Å². The van der Waals surface area contributed by atoms with Gasteiger partial charge in [0.25, 0.3) is 11.8 Å². The lowest BCUT2D eigenvalue weighted by Crippen LogP contribution is -2.44. The van der Waals surface area contributed by atoms with E-state index in [1.165, 1.54) is 4.90 Å². The van der Waals surface area contributed by atoms with Crippen LogP contribution in [0.1, 0.15) is 44.3 Å². The Morgan fingerprint density at radius 1 is 0.930 bits per heavy atom. The third-order valence-corrected chi connectivity index (χ3v) is 8.44. The van der Waals surface area contributed by atoms with Gasteiger partial charge in [0.15, 0.2) is 0 Å². The standard InChI is InChI=1S/C35H30N4O4/c1-21-7-11-23(12-8-21)32-31-28(27-5-3-4-6-29(27)37-31)19-30-34(41)38(35(42)39(30)32)25-15-13-24(14-16-25)33(40)36-20-22-9-17-26(43-2)18-10-22/h3-18,30,32,37H,19-20H2,1-2H3,(H,36,40)/t30-,32+/m0/s1. The van der Waals surface area contributed by atoms with E-state index < -0.39 is 12.1 Å². The number of ether oxygens (including phenoxy) is 1. The van der Waals surface area contributed by atoms with Crippen molar-refractivity contribution in [1.29, 1.82) is 0 Å². The Balaban J connectivity index is 1.17. The second-order valence-electron chi connectivity index (χ2n) is 11.0. The number of hydrogen-bond donors (Lipinski definition) is 2. The fourth-order valence-corrected chi connectivity index (χ4v) is 6.20. The Kier molecular flexibility index (Phi) is 6.46. The van der Waals surface area contributed by atoms with Crippen molar-refractivity contribution in [3.8, 4) is 5.75 Å². The molecule has 0 aliphatic carbocycles. The molecule has 2 atom stereocenters. The minimum atomic E-state index is -0.641. The highest BCUT2D eigenvalue weighted by atomic mass is 16.5. The van der Waals surface area contributed by atoms with Gasteiger partial charge in [-0.25, -0.2) is 9.69 Å². The highest BCUT2D eigenvalue weighted by Gasteiger charge is 2.53. The van der Waals surface area contributed by atoms with Crippen LogP contribution in [0.4, 0.5) is 10.5 Å². The minimum absolute atomic E-state index is 0.247. The van der Waals surface area contributed by atoms with E-state index in [4.69, 9.17) is 4.74 Å². The van der Waals surface area contributed by atoms with Crippen molar-refractivity contribution in [3.63, 3.8) is 0 Å². The smallest absolute Gasteiger partial charge is 0.332 e. The third kappa shape index (κ3) is 4.52. The molecule has 214 valence electrons. The fraction of sp³-hybridized carbons (Fsp3) is 0.171. The van der Waals surface area contributed by atoms with E-state index in [0.717, 1.165) is 44.6 Å². The van der Waals surface area contributed by atoms with Gasteiger partial charge in [0.05, 0.1) is 12.8 Å². The van der Waals surface area contributed by atoms with Crippen molar-refractivity contribution in [2.24, 2.45) is 0 Å². The van der Waals surface area contributed by atoms with Gasteiger partial charge in [-0.2, -0.15) is 0 Å². The predicted octanol–water partition coefficient (Wildman–Crippen LogP) is 5.90. The molecular weight excluding hydrogens is 540 g/mol. The van der Waals surface area contributed by atoms with Crippen LogP contribution in [0.15, 0.2) is 97.1 Å². The van der Waals surface area contributed by atoms with Crippen molar-refractivity contribution >= 4 is 34.4 Å². The number of hydrogen-bond acceptors (Lipinski definition) is 4. The van der Waals surface area contributed by atoms with E-state index in [-0.39, 0.29) is 17.8 Å². The van der Waals surface area contributed by atoms with E-state index in [2.05, 4.69) is 16.4 Å². The summed E-state index contributed by atoms with van der Waals surface area (Å²) < 4.78 is 5.18. The molecule has 4 amide bonds. The zero-order valence-corrected chi connectivity index (χ0v) is 23.8. The van der Waals surface area contributed by atoms with Crippen molar-refractivity contribution in [3.05, 3.63) is 131 Å². The van der Waals surface area contributed by atoms with Gasteiger partial charge in [0.1, 0.15) is 17.8 Å². The molecular formula is C35H30N4O4. The van der Waals surface area contributed by atoms with Gasteiger partial charge in [-0.05, 0) is 66.1 Å². The normalized spacial score (nSPS) is 17.6. The lowest BCUT2D eigenvalue weighted by Gasteiger charge is -2.36. The number of aromatic amines is 1. The van der Waals surface area contributed by atoms with Crippen molar-refractivity contribution in [2.45, 2.75) is 32.0 Å². The number of nitrogens with one attached hydrogen (secondary N) is 2. The van der Waals surface area contributed by atoms with Gasteiger partial charge in [-0.3, -0.25) is 14.5 Å². The number of fused-ring (bicyclic) bond motifs is 4. The number of aromatic nitrogens is 1. The van der Waals surface area contributed by atoms with Gasteiger partial charge in [-0.1, -0.05) is 60.2 Å². The number of urea groups is 1. The Labute approximate surface area is 248 Å². The van der Waals surface area contributed by atoms with Crippen LogP contribution in [-0.4, -0.2) is 40.9 Å². The average molecular weight is 571 g/mol. The van der Waals surface area contributed by atoms with Crippen molar-refractivity contribution < 1.29 is 19.1 Å². The monoisotopic (exact) mass is 570 g/mol. The fourth-order valence-electron chi connectivity index (χ4n) is 6.20. The van der Waals surface area contributed by atoms with Gasteiger partial charge in [-0.15, -0.1) is 0 Å². The van der Waals surface area contributed by atoms with E-state index in [1.54, 1.807) is 36.3 Å². The molecule has 2 aliphatic heterocycles. The molecule has 3 heterocycles. The molecule has 8 nitrogen and oxygen atoms in total. The zero-order chi connectivity index (χ0) is 29.7. The second-order valence-corrected chi connectivity index (χ2v) is 11.0. The first-order valence-electron chi connectivity index (χ1n) is 14.3. The van der Waals surface area contributed by atoms with E-state index >= 15 is 0 Å². The molecule has 0 bridgehead atoms. The first-order chi connectivity index (χ1) is 20.9. The number of aryl methyl sites for hydroxylation is 1. The van der Waals surface area contributed by atoms with Gasteiger partial charge in [0, 0.05) is 35.1 Å². The number of carbonyl (C=O) groups is 3. The lowest BCUT2D eigenvalue weighted by molar-refractivity contribution is -0.120. The van der Waals surface area contributed by atoms with Crippen LogP contribution in [0.2, 0.25) is 0 Å². The number of imide groups is 1. The maximum Gasteiger partial charge on any atom is 0.332 e. The highest BCUT2D eigenvalue weighted by molar-refractivity contribution is 6.22. The summed E-state index contributed by atoms with van der Waals surface area (Å²) in [6, 6.07) is 28.8. The van der Waals surface area contributed by atoms with Crippen LogP contribution >= 0.6 is 0 Å². The molecule has 1 fully saturated rings. The Morgan fingerprint density at radius 3 is 2.37 bits per heavy atom. The number of carbonyl (C=O) groups excluding carboxylic acids is 3. The number of benzene rings is 4. The maximum absolute atomic E-state index is 14.1. The molecule has 2 aliphatic rings. The molecule has 0 saturated carbocycles. The number of anilines is 1. The number of nitrogens with zero attached hydrogens (tertiary/aromatic N) is 2. The number of H-pyrrole nitrogens is 1. The molecule has 1 saturated heterocycles. The highest BCUT2D eigenvalue weighted by Crippen LogP contribution is 2.44. The molecule has 0 spiro atoms. The number of rotatable bonds is 6. The molecule has 0 radical (unpaired) electrons. The Morgan fingerprint density at radius 2 is 1.65 bits per heavy atom. The second kappa shape index (κ2) is 10.5. The Bertz CT molecular complexity index is 1860. The van der Waals surface area contributed by atoms with Crippen LogP contribution in [0, 0.1) is 6.92 Å². The quantitative estimate of drug-likeness (QED) is 0.249. The summed E-state index contributed by atoms with van der Waals surface area (Å²) in [5.74, 6) is 0.234. The van der Waals surface area contributed by atoms with E-state index in [0.29, 0.717) is 24.2 Å². The number of amides is 4. The largest absolute Gasteiger partial charge is 0.497 e. The lowest BCUT2D eigenvalue weighted by atomic mass is 9.88. The predicted molar refractivity (Wildman–Crippen MR) is 164 cm³/mol. The molecule has 4 aromatic carbocycles. The van der Waals surface area contributed by atoms with Crippen LogP contribution in [0.5, 0.6) is 5.75 Å². The molecule has 1 aromatic heterocycles. The summed E-state index contributed by atoms with van der Waals surface area (Å²) in [6.45, 7) is 2.39. The summed E-state index contributed by atoms with van der Waals surface area (Å²) in [6.07, 6.45) is 0.425. The maximum atomic E-state index is 14.1. The summed E-state index contributed by atoms with van der Waals surface area (Å²) in [4.78, 5) is 47.4. The molecule has 7 rings (SSSR count). The topological polar surface area (TPSA) is 94.7 Å². The van der Waals surface area contributed by atoms with Gasteiger partial charge in [0.2, 0.25) is 0 Å². The SMILES string of the molecule is COc1ccc(CNC(=O)c2ccc(N3C(=O)[C@@H]4Cc5c([nH]c6ccccc56)[C@@H](c5ccc(C)cc5)N4C3=O)cc2)cc1. The van der Waals surface area contributed by atoms with E-state index in [1.807, 2.05) is 73.7 Å². The summed E-state index contributed by atoms with van der Waals surface area (Å²) >= 11 is 0. The van der Waals surface area contributed by atoms with E-state index in [9.17, 15) is 14.4 Å². The first-order valence-corrected chi connectivity index (χ1v) is 14.3. The molecule has 5 aromatic rings. The van der Waals surface area contributed by atoms with Crippen molar-refractivity contribution in [2.75, 3.05) is 12.0 Å². The number of methoxy groups -OCH3 is 1. The third-order valence-electron chi connectivity index (χ3n) is 8.44. The van der Waals surface area contributed by atoms with Gasteiger partial charge >= 0.3 is 6.03 Å². The zero-order valence-electron chi connectivity index (χ0n) is 23.8. The van der Waals surface area contributed by atoms with Crippen LogP contribution < -0.4 is 15.0 Å². The van der Waals surface area contributed by atoms with Crippen LogP contribution in [0.3, 0.4) is 0 Å². The van der Waals surface area contributed by atoms with Crippen LogP contribution in [0.25, 0.3) is 10.9 Å². The summed E-state index contributed by atoms with van der Waals surface area (Å²) in [5.41, 5.74) is 6.87. The van der Waals surface area contributed by atoms with Crippen molar-refractivity contribution in [1.82, 2.24) is 15.2 Å². The first kappa shape index (κ1) is 26.5.